The fourth-order valence-electron chi connectivity index (χ4n) is 2.24. The number of hydrogen-bond acceptors (Lipinski definition) is 5. The van der Waals surface area contributed by atoms with E-state index in [4.69, 9.17) is 4.74 Å². The van der Waals surface area contributed by atoms with E-state index in [0.717, 1.165) is 5.41 Å². The van der Waals surface area contributed by atoms with Gasteiger partial charge in [-0.1, -0.05) is 60.7 Å². The van der Waals surface area contributed by atoms with E-state index < -0.39 is 34.5 Å². The molecule has 0 fully saturated rings. The van der Waals surface area contributed by atoms with Crippen molar-refractivity contribution in [2.45, 2.75) is 6.10 Å². The van der Waals surface area contributed by atoms with Crippen LogP contribution in [0, 0.1) is 0 Å². The zero-order valence-electron chi connectivity index (χ0n) is 15.6. The number of benzene rings is 2. The number of esters is 1. The number of rotatable bonds is 8. The number of carbonyl (C=O) groups is 2. The highest BCUT2D eigenvalue weighted by molar-refractivity contribution is 7.92. The van der Waals surface area contributed by atoms with Crippen molar-refractivity contribution in [2.24, 2.45) is 0 Å². The Hall–Kier alpha value is -2.97. The van der Waals surface area contributed by atoms with Gasteiger partial charge in [0.05, 0.1) is 0 Å². The van der Waals surface area contributed by atoms with Gasteiger partial charge in [0.1, 0.15) is 6.54 Å². The number of nitrogens with zero attached hydrogens (tertiary/aromatic N) is 1. The van der Waals surface area contributed by atoms with E-state index >= 15 is 0 Å². The molecule has 0 spiro atoms. The minimum Gasteiger partial charge on any atom is -0.446 e. The third-order valence-electron chi connectivity index (χ3n) is 3.67. The lowest BCUT2D eigenvalue weighted by atomic mass is 10.1. The molecule has 8 heteroatoms. The summed E-state index contributed by atoms with van der Waals surface area (Å²) in [5.41, 5.74) is 1.21. The predicted molar refractivity (Wildman–Crippen MR) is 106 cm³/mol. The maximum Gasteiger partial charge on any atom is 0.322 e. The van der Waals surface area contributed by atoms with E-state index in [1.54, 1.807) is 68.7 Å². The summed E-state index contributed by atoms with van der Waals surface area (Å²) in [7, 11) is -0.749. The maximum absolute atomic E-state index is 12.3. The second-order valence-corrected chi connectivity index (χ2v) is 7.74. The van der Waals surface area contributed by atoms with Crippen LogP contribution in [-0.4, -0.2) is 45.8 Å². The first-order valence-electron chi connectivity index (χ1n) is 8.47. The zero-order valence-corrected chi connectivity index (χ0v) is 16.4. The highest BCUT2D eigenvalue weighted by Crippen LogP contribution is 2.19. The Morgan fingerprint density at radius 1 is 1.04 bits per heavy atom. The summed E-state index contributed by atoms with van der Waals surface area (Å²) >= 11 is 0. The van der Waals surface area contributed by atoms with Gasteiger partial charge >= 0.3 is 5.97 Å². The van der Waals surface area contributed by atoms with Crippen molar-refractivity contribution in [1.29, 1.82) is 0 Å². The molecule has 7 nitrogen and oxygen atoms in total. The van der Waals surface area contributed by atoms with Crippen molar-refractivity contribution in [3.05, 3.63) is 77.2 Å². The molecule has 0 unspecified atom stereocenters. The topological polar surface area (TPSA) is 92.8 Å². The molecule has 0 aliphatic carbocycles. The Labute approximate surface area is 164 Å². The summed E-state index contributed by atoms with van der Waals surface area (Å²) < 4.78 is 31.4. The molecular weight excluding hydrogens is 380 g/mol. The first kappa shape index (κ1) is 21.3. The monoisotopic (exact) mass is 402 g/mol. The lowest BCUT2D eigenvalue weighted by Crippen LogP contribution is -2.35. The molecule has 0 bridgehead atoms. The van der Waals surface area contributed by atoms with Crippen molar-refractivity contribution < 1.29 is 22.7 Å². The molecule has 1 N–H and O–H groups in total. The van der Waals surface area contributed by atoms with Crippen LogP contribution in [0.1, 0.15) is 17.2 Å². The van der Waals surface area contributed by atoms with Gasteiger partial charge in [-0.3, -0.25) is 9.59 Å². The highest BCUT2D eigenvalue weighted by Gasteiger charge is 2.26. The Bertz CT molecular complexity index is 926. The lowest BCUT2D eigenvalue weighted by Gasteiger charge is -2.21. The van der Waals surface area contributed by atoms with Crippen LogP contribution >= 0.6 is 0 Å². The second-order valence-electron chi connectivity index (χ2n) is 6.09. The SMILES string of the molecule is CN(C)C(=O)[C@H](OC(=O)CNS(=O)(=O)/C=C/c1ccccc1)c1ccccc1. The van der Waals surface area contributed by atoms with Gasteiger partial charge in [-0.2, -0.15) is 0 Å². The summed E-state index contributed by atoms with van der Waals surface area (Å²) in [6.07, 6.45) is 0.267. The largest absolute Gasteiger partial charge is 0.446 e. The number of sulfonamides is 1. The van der Waals surface area contributed by atoms with E-state index in [1.165, 1.54) is 11.0 Å². The van der Waals surface area contributed by atoms with Crippen molar-refractivity contribution in [1.82, 2.24) is 9.62 Å². The molecule has 28 heavy (non-hydrogen) atoms. The maximum atomic E-state index is 12.3. The number of likely N-dealkylation sites (N-methyl/N-ethyl adjacent to an activating group) is 1. The van der Waals surface area contributed by atoms with Gasteiger partial charge in [-0.25, -0.2) is 13.1 Å². The van der Waals surface area contributed by atoms with Crippen molar-refractivity contribution >= 4 is 28.0 Å². The van der Waals surface area contributed by atoms with Crippen LogP contribution in [0.3, 0.4) is 0 Å². The van der Waals surface area contributed by atoms with Gasteiger partial charge in [-0.15, -0.1) is 0 Å². The normalized spacial score (nSPS) is 12.5. The van der Waals surface area contributed by atoms with Gasteiger partial charge in [0.15, 0.2) is 0 Å². The molecule has 148 valence electrons. The predicted octanol–water partition coefficient (Wildman–Crippen LogP) is 1.95. The summed E-state index contributed by atoms with van der Waals surface area (Å²) in [5.74, 6) is -1.29. The Morgan fingerprint density at radius 3 is 2.18 bits per heavy atom. The lowest BCUT2D eigenvalue weighted by molar-refractivity contribution is -0.158. The summed E-state index contributed by atoms with van der Waals surface area (Å²) in [4.78, 5) is 25.8. The van der Waals surface area contributed by atoms with Crippen molar-refractivity contribution in [3.8, 4) is 0 Å². The fraction of sp³-hybridized carbons (Fsp3) is 0.200. The Kier molecular flexibility index (Phi) is 7.48. The standard InChI is InChI=1S/C20H22N2O5S/c1-22(2)20(24)19(17-11-7-4-8-12-17)27-18(23)15-21-28(25,26)14-13-16-9-5-3-6-10-16/h3-14,19,21H,15H2,1-2H3/b14-13+/t19-/m1/s1. The zero-order chi connectivity index (χ0) is 20.6. The third kappa shape index (κ3) is 6.64. The third-order valence-corrected chi connectivity index (χ3v) is 4.71. The van der Waals surface area contributed by atoms with Crippen LogP contribution in [0.5, 0.6) is 0 Å². The van der Waals surface area contributed by atoms with Crippen LogP contribution in [0.25, 0.3) is 6.08 Å². The molecule has 0 aliphatic heterocycles. The molecule has 1 amide bonds. The van der Waals surface area contributed by atoms with Gasteiger partial charge in [-0.05, 0) is 11.6 Å². The molecule has 0 saturated carbocycles. The van der Waals surface area contributed by atoms with Crippen LogP contribution in [-0.2, 0) is 24.3 Å². The number of amides is 1. The van der Waals surface area contributed by atoms with E-state index in [2.05, 4.69) is 4.72 Å². The minimum atomic E-state index is -3.84. The van der Waals surface area contributed by atoms with Gasteiger partial charge < -0.3 is 9.64 Å². The molecule has 0 radical (unpaired) electrons. The van der Waals surface area contributed by atoms with E-state index in [9.17, 15) is 18.0 Å². The van der Waals surface area contributed by atoms with Gasteiger partial charge in [0.25, 0.3) is 5.91 Å². The molecule has 2 aromatic carbocycles. The second kappa shape index (κ2) is 9.82. The molecule has 0 heterocycles. The van der Waals surface area contributed by atoms with Crippen molar-refractivity contribution in [2.75, 3.05) is 20.6 Å². The molecular formula is C20H22N2O5S. The van der Waals surface area contributed by atoms with Crippen LogP contribution in [0.4, 0.5) is 0 Å². The number of carbonyl (C=O) groups excluding carboxylic acids is 2. The van der Waals surface area contributed by atoms with Gasteiger partial charge in [0.2, 0.25) is 16.1 Å². The Morgan fingerprint density at radius 2 is 1.61 bits per heavy atom. The number of ether oxygens (including phenoxy) is 1. The van der Waals surface area contributed by atoms with E-state index in [0.29, 0.717) is 11.1 Å². The van der Waals surface area contributed by atoms with Crippen LogP contribution in [0.2, 0.25) is 0 Å². The summed E-state index contributed by atoms with van der Waals surface area (Å²) in [5, 5.41) is 0.968. The molecule has 0 aromatic heterocycles. The quantitative estimate of drug-likeness (QED) is 0.682. The minimum absolute atomic E-state index is 0.425. The van der Waals surface area contributed by atoms with Gasteiger partial charge in [0, 0.05) is 25.1 Å². The summed E-state index contributed by atoms with van der Waals surface area (Å²) in [6, 6.07) is 17.4. The Balaban J connectivity index is 2.00. The smallest absolute Gasteiger partial charge is 0.322 e. The number of nitrogens with one attached hydrogen (secondary N) is 1. The molecule has 0 saturated heterocycles. The summed E-state index contributed by atoms with van der Waals surface area (Å²) in [6.45, 7) is -0.592. The average molecular weight is 402 g/mol. The van der Waals surface area contributed by atoms with E-state index in [1.807, 2.05) is 6.07 Å². The highest BCUT2D eigenvalue weighted by atomic mass is 32.2. The van der Waals surface area contributed by atoms with Crippen LogP contribution < -0.4 is 4.72 Å². The van der Waals surface area contributed by atoms with Crippen molar-refractivity contribution in [3.63, 3.8) is 0 Å². The molecule has 2 aromatic rings. The first-order chi connectivity index (χ1) is 13.3. The van der Waals surface area contributed by atoms with E-state index in [-0.39, 0.29) is 0 Å². The molecule has 2 rings (SSSR count). The average Bonchev–Trinajstić information content (AvgIpc) is 2.70. The first-order valence-corrected chi connectivity index (χ1v) is 10.0. The fourth-order valence-corrected chi connectivity index (χ4v) is 2.99. The van der Waals surface area contributed by atoms with Crippen LogP contribution in [0.15, 0.2) is 66.1 Å². The number of hydrogen-bond donors (Lipinski definition) is 1. The molecule has 1 atom stereocenters. The molecule has 0 aliphatic rings.